The van der Waals surface area contributed by atoms with E-state index in [1.807, 2.05) is 11.8 Å². The molecule has 1 unspecified atom stereocenters. The predicted octanol–water partition coefficient (Wildman–Crippen LogP) is 0.827. The van der Waals surface area contributed by atoms with Gasteiger partial charge in [-0.1, -0.05) is 6.92 Å². The monoisotopic (exact) mass is 242 g/mol. The average molecular weight is 242 g/mol. The largest absolute Gasteiger partial charge is 0.480 e. The minimum absolute atomic E-state index is 0.216. The normalized spacial score (nSPS) is 19.1. The highest BCUT2D eigenvalue weighted by Gasteiger charge is 2.25. The molecule has 0 aromatic carbocycles. The van der Waals surface area contributed by atoms with Crippen molar-refractivity contribution in [2.75, 3.05) is 13.1 Å². The third kappa shape index (κ3) is 4.34. The molecule has 0 aromatic heterocycles. The van der Waals surface area contributed by atoms with Gasteiger partial charge in [-0.25, -0.2) is 0 Å². The summed E-state index contributed by atoms with van der Waals surface area (Å²) in [7, 11) is 0. The van der Waals surface area contributed by atoms with Crippen LogP contribution in [0.5, 0.6) is 0 Å². The molecule has 1 saturated heterocycles. The Morgan fingerprint density at radius 3 is 2.47 bits per heavy atom. The summed E-state index contributed by atoms with van der Waals surface area (Å²) in [6, 6.07) is -0.766. The Hall–Kier alpha value is -1.10. The van der Waals surface area contributed by atoms with Crippen molar-refractivity contribution >= 4 is 11.9 Å². The topological polar surface area (TPSA) is 83.6 Å². The van der Waals surface area contributed by atoms with Crippen LogP contribution in [0, 0.1) is 5.92 Å². The van der Waals surface area contributed by atoms with Crippen molar-refractivity contribution in [2.24, 2.45) is 11.7 Å². The maximum absolute atomic E-state index is 11.6. The van der Waals surface area contributed by atoms with Crippen LogP contribution in [0.1, 0.15) is 39.0 Å². The molecular formula is C12H22N2O3. The molecule has 3 N–H and O–H groups in total. The molecule has 98 valence electrons. The standard InChI is InChI=1S/C12H22N2O3/c1-2-3-11(15)14-6-4-9(5-7-14)8-10(13)12(16)17/h9-10H,2-8,13H2,1H3,(H,16,17). The Labute approximate surface area is 102 Å². The predicted molar refractivity (Wildman–Crippen MR) is 64.4 cm³/mol. The third-order valence-electron chi connectivity index (χ3n) is 3.34. The van der Waals surface area contributed by atoms with Crippen molar-refractivity contribution < 1.29 is 14.7 Å². The molecule has 5 nitrogen and oxygen atoms in total. The summed E-state index contributed by atoms with van der Waals surface area (Å²) in [6.45, 7) is 3.49. The molecule has 1 atom stereocenters. The molecule has 1 heterocycles. The molecule has 1 aliphatic heterocycles. The molecule has 0 saturated carbocycles. The molecule has 0 spiro atoms. The molecular weight excluding hydrogens is 220 g/mol. The molecule has 5 heteroatoms. The molecule has 0 bridgehead atoms. The minimum Gasteiger partial charge on any atom is -0.480 e. The van der Waals surface area contributed by atoms with Gasteiger partial charge in [0.25, 0.3) is 0 Å². The Bertz CT molecular complexity index is 273. The second-order valence-corrected chi connectivity index (χ2v) is 4.75. The lowest BCUT2D eigenvalue weighted by atomic mass is 9.90. The summed E-state index contributed by atoms with van der Waals surface area (Å²) in [5.74, 6) is -0.380. The number of hydrogen-bond acceptors (Lipinski definition) is 3. The number of aliphatic carboxylic acids is 1. The fourth-order valence-corrected chi connectivity index (χ4v) is 2.25. The second kappa shape index (κ2) is 6.59. The van der Waals surface area contributed by atoms with Gasteiger partial charge in [-0.15, -0.1) is 0 Å². The fourth-order valence-electron chi connectivity index (χ4n) is 2.25. The fraction of sp³-hybridized carbons (Fsp3) is 0.833. The SMILES string of the molecule is CCCC(=O)N1CCC(CC(N)C(=O)O)CC1. The number of rotatable bonds is 5. The first-order chi connectivity index (χ1) is 8.04. The lowest BCUT2D eigenvalue weighted by Crippen LogP contribution is -2.40. The van der Waals surface area contributed by atoms with Crippen molar-refractivity contribution in [1.82, 2.24) is 4.90 Å². The zero-order chi connectivity index (χ0) is 12.8. The lowest BCUT2D eigenvalue weighted by Gasteiger charge is -2.32. The minimum atomic E-state index is -0.936. The molecule has 1 aliphatic rings. The number of carbonyl (C=O) groups is 2. The number of carboxylic acid groups (broad SMARTS) is 1. The van der Waals surface area contributed by atoms with E-state index >= 15 is 0 Å². The van der Waals surface area contributed by atoms with Gasteiger partial charge in [0.15, 0.2) is 0 Å². The van der Waals surface area contributed by atoms with Crippen molar-refractivity contribution in [3.05, 3.63) is 0 Å². The summed E-state index contributed by atoms with van der Waals surface area (Å²) in [5, 5.41) is 8.73. The number of nitrogens with two attached hydrogens (primary N) is 1. The van der Waals surface area contributed by atoms with Gasteiger partial charge in [-0.05, 0) is 31.6 Å². The highest BCUT2D eigenvalue weighted by Crippen LogP contribution is 2.22. The van der Waals surface area contributed by atoms with Crippen LogP contribution in [-0.2, 0) is 9.59 Å². The summed E-state index contributed by atoms with van der Waals surface area (Å²) < 4.78 is 0. The van der Waals surface area contributed by atoms with E-state index < -0.39 is 12.0 Å². The first-order valence-electron chi connectivity index (χ1n) is 6.30. The van der Waals surface area contributed by atoms with Crippen molar-refractivity contribution in [1.29, 1.82) is 0 Å². The molecule has 1 rings (SSSR count). The number of hydrogen-bond donors (Lipinski definition) is 2. The van der Waals surface area contributed by atoms with Gasteiger partial charge in [0.1, 0.15) is 6.04 Å². The van der Waals surface area contributed by atoms with E-state index in [0.29, 0.717) is 18.8 Å². The molecule has 1 amide bonds. The van der Waals surface area contributed by atoms with Gasteiger partial charge in [0.05, 0.1) is 0 Å². The van der Waals surface area contributed by atoms with Crippen molar-refractivity contribution in [2.45, 2.75) is 45.1 Å². The molecule has 1 fully saturated rings. The molecule has 17 heavy (non-hydrogen) atoms. The number of carbonyl (C=O) groups excluding carboxylic acids is 1. The summed E-state index contributed by atoms with van der Waals surface area (Å²) >= 11 is 0. The molecule has 0 radical (unpaired) electrons. The van der Waals surface area contributed by atoms with Crippen LogP contribution >= 0.6 is 0 Å². The van der Waals surface area contributed by atoms with E-state index in [-0.39, 0.29) is 5.91 Å². The zero-order valence-corrected chi connectivity index (χ0v) is 10.4. The van der Waals surface area contributed by atoms with Crippen LogP contribution in [0.15, 0.2) is 0 Å². The number of piperidine rings is 1. The van der Waals surface area contributed by atoms with E-state index in [9.17, 15) is 9.59 Å². The van der Waals surface area contributed by atoms with Crippen LogP contribution in [0.2, 0.25) is 0 Å². The maximum Gasteiger partial charge on any atom is 0.320 e. The lowest BCUT2D eigenvalue weighted by molar-refractivity contribution is -0.139. The van der Waals surface area contributed by atoms with Crippen LogP contribution < -0.4 is 5.73 Å². The van der Waals surface area contributed by atoms with Crippen LogP contribution in [-0.4, -0.2) is 41.0 Å². The quantitative estimate of drug-likeness (QED) is 0.748. The Kier molecular flexibility index (Phi) is 5.41. The first-order valence-corrected chi connectivity index (χ1v) is 6.30. The third-order valence-corrected chi connectivity index (χ3v) is 3.34. The van der Waals surface area contributed by atoms with Gasteiger partial charge in [-0.3, -0.25) is 9.59 Å². The Balaban J connectivity index is 2.30. The first kappa shape index (κ1) is 14.0. The summed E-state index contributed by atoms with van der Waals surface area (Å²) in [6.07, 6.45) is 3.75. The average Bonchev–Trinajstić information content (AvgIpc) is 2.30. The van der Waals surface area contributed by atoms with Crippen LogP contribution in [0.3, 0.4) is 0 Å². The maximum atomic E-state index is 11.6. The molecule has 0 aromatic rings. The van der Waals surface area contributed by atoms with Gasteiger partial charge in [-0.2, -0.15) is 0 Å². The van der Waals surface area contributed by atoms with Gasteiger partial charge in [0.2, 0.25) is 5.91 Å². The van der Waals surface area contributed by atoms with Crippen molar-refractivity contribution in [3.63, 3.8) is 0 Å². The van der Waals surface area contributed by atoms with E-state index in [4.69, 9.17) is 10.8 Å². The van der Waals surface area contributed by atoms with E-state index in [2.05, 4.69) is 0 Å². The number of amides is 1. The molecule has 0 aliphatic carbocycles. The summed E-state index contributed by atoms with van der Waals surface area (Å²) in [4.78, 5) is 24.2. The van der Waals surface area contributed by atoms with E-state index in [0.717, 1.165) is 32.4 Å². The summed E-state index contributed by atoms with van der Waals surface area (Å²) in [5.41, 5.74) is 5.51. The highest BCUT2D eigenvalue weighted by atomic mass is 16.4. The van der Waals surface area contributed by atoms with E-state index in [1.54, 1.807) is 0 Å². The van der Waals surface area contributed by atoms with Crippen molar-refractivity contribution in [3.8, 4) is 0 Å². The van der Waals surface area contributed by atoms with Gasteiger partial charge >= 0.3 is 5.97 Å². The smallest absolute Gasteiger partial charge is 0.320 e. The van der Waals surface area contributed by atoms with Crippen LogP contribution in [0.4, 0.5) is 0 Å². The number of nitrogens with zero attached hydrogens (tertiary/aromatic N) is 1. The van der Waals surface area contributed by atoms with Gasteiger partial charge in [0, 0.05) is 19.5 Å². The Morgan fingerprint density at radius 1 is 1.41 bits per heavy atom. The number of carboxylic acids is 1. The second-order valence-electron chi connectivity index (χ2n) is 4.75. The zero-order valence-electron chi connectivity index (χ0n) is 10.4. The number of likely N-dealkylation sites (tertiary alicyclic amines) is 1. The van der Waals surface area contributed by atoms with Gasteiger partial charge < -0.3 is 15.7 Å². The Morgan fingerprint density at radius 2 is 2.00 bits per heavy atom. The van der Waals surface area contributed by atoms with E-state index in [1.165, 1.54) is 0 Å². The van der Waals surface area contributed by atoms with Crippen LogP contribution in [0.25, 0.3) is 0 Å². The highest BCUT2D eigenvalue weighted by molar-refractivity contribution is 5.76.